The molecule has 0 aliphatic rings. The molecule has 0 saturated heterocycles. The topological polar surface area (TPSA) is 90.3 Å². The molecule has 2 aromatic carbocycles. The van der Waals surface area contributed by atoms with Gasteiger partial charge in [0.25, 0.3) is 11.5 Å². The molecule has 1 amide bonds. The maximum Gasteiger partial charge on any atom is 0.262 e. The fourth-order valence-electron chi connectivity index (χ4n) is 3.31. The molecule has 0 bridgehead atoms. The number of ketones is 1. The van der Waals surface area contributed by atoms with Crippen molar-refractivity contribution in [2.45, 2.75) is 45.4 Å². The van der Waals surface area contributed by atoms with Crippen molar-refractivity contribution in [1.29, 1.82) is 0 Å². The zero-order chi connectivity index (χ0) is 24.1. The molecular formula is C25H29N3O4S. The summed E-state index contributed by atoms with van der Waals surface area (Å²) in [7, 11) is 1.57. The van der Waals surface area contributed by atoms with E-state index >= 15 is 0 Å². The summed E-state index contributed by atoms with van der Waals surface area (Å²) in [6.07, 6.45) is 0. The Kier molecular flexibility index (Phi) is 7.92. The first-order valence-corrected chi connectivity index (χ1v) is 11.8. The van der Waals surface area contributed by atoms with Crippen molar-refractivity contribution in [2.75, 3.05) is 12.9 Å². The van der Waals surface area contributed by atoms with Crippen LogP contribution in [-0.2, 0) is 6.54 Å². The van der Waals surface area contributed by atoms with E-state index in [1.165, 1.54) is 11.8 Å². The molecule has 33 heavy (non-hydrogen) atoms. The van der Waals surface area contributed by atoms with Gasteiger partial charge in [-0.25, -0.2) is 4.98 Å². The number of benzene rings is 2. The number of methoxy groups -OCH3 is 1. The minimum absolute atomic E-state index is 0.00437. The number of thioether (sulfide) groups is 1. The van der Waals surface area contributed by atoms with Crippen molar-refractivity contribution in [1.82, 2.24) is 14.9 Å². The standard InChI is InChI=1S/C25H29N3O4S/c1-15(2)13-28-24(31)20-11-8-18(23(30)26-16(3)4)12-21(20)27-25(28)33-14-22(29)17-6-9-19(32-5)10-7-17/h6-12,15-16H,13-14H2,1-5H3,(H,26,30). The Balaban J connectivity index is 1.95. The molecular weight excluding hydrogens is 438 g/mol. The van der Waals surface area contributed by atoms with Crippen molar-refractivity contribution in [3.8, 4) is 5.75 Å². The normalized spacial score (nSPS) is 11.2. The highest BCUT2D eigenvalue weighted by atomic mass is 32.2. The van der Waals surface area contributed by atoms with Crippen molar-refractivity contribution >= 4 is 34.4 Å². The van der Waals surface area contributed by atoms with Crippen LogP contribution in [0.3, 0.4) is 0 Å². The second-order valence-electron chi connectivity index (χ2n) is 8.50. The summed E-state index contributed by atoms with van der Waals surface area (Å²) in [6.45, 7) is 8.29. The number of aromatic nitrogens is 2. The van der Waals surface area contributed by atoms with Crippen LogP contribution < -0.4 is 15.6 Å². The zero-order valence-corrected chi connectivity index (χ0v) is 20.4. The largest absolute Gasteiger partial charge is 0.497 e. The highest BCUT2D eigenvalue weighted by Crippen LogP contribution is 2.22. The number of amides is 1. The quantitative estimate of drug-likeness (QED) is 0.289. The number of carbonyl (C=O) groups is 2. The Morgan fingerprint density at radius 3 is 2.33 bits per heavy atom. The monoisotopic (exact) mass is 467 g/mol. The number of fused-ring (bicyclic) bond motifs is 1. The Morgan fingerprint density at radius 2 is 1.73 bits per heavy atom. The van der Waals surface area contributed by atoms with E-state index in [9.17, 15) is 14.4 Å². The van der Waals surface area contributed by atoms with Crippen LogP contribution in [0.5, 0.6) is 5.75 Å². The molecule has 0 fully saturated rings. The fourth-order valence-corrected chi connectivity index (χ4v) is 4.22. The highest BCUT2D eigenvalue weighted by Gasteiger charge is 2.17. The second-order valence-corrected chi connectivity index (χ2v) is 9.45. The number of hydrogen-bond acceptors (Lipinski definition) is 6. The fraction of sp³-hybridized carbons (Fsp3) is 0.360. The second kappa shape index (κ2) is 10.7. The van der Waals surface area contributed by atoms with Crippen LogP contribution >= 0.6 is 11.8 Å². The van der Waals surface area contributed by atoms with Gasteiger partial charge in [0, 0.05) is 23.7 Å². The number of rotatable bonds is 9. The van der Waals surface area contributed by atoms with E-state index in [1.54, 1.807) is 54.1 Å². The van der Waals surface area contributed by atoms with Crippen LogP contribution in [0.25, 0.3) is 10.9 Å². The lowest BCUT2D eigenvalue weighted by Crippen LogP contribution is -2.30. The van der Waals surface area contributed by atoms with Gasteiger partial charge < -0.3 is 10.1 Å². The van der Waals surface area contributed by atoms with E-state index in [-0.39, 0.29) is 35.0 Å². The van der Waals surface area contributed by atoms with Gasteiger partial charge in [0.2, 0.25) is 0 Å². The molecule has 0 aliphatic heterocycles. The molecule has 0 radical (unpaired) electrons. The summed E-state index contributed by atoms with van der Waals surface area (Å²) in [5.74, 6) is 0.742. The van der Waals surface area contributed by atoms with Gasteiger partial charge in [0.05, 0.1) is 23.8 Å². The van der Waals surface area contributed by atoms with Gasteiger partial charge in [0.15, 0.2) is 10.9 Å². The number of hydrogen-bond donors (Lipinski definition) is 1. The van der Waals surface area contributed by atoms with Gasteiger partial charge in [-0.3, -0.25) is 19.0 Å². The maximum absolute atomic E-state index is 13.2. The molecule has 8 heteroatoms. The Morgan fingerprint density at radius 1 is 1.06 bits per heavy atom. The molecule has 0 unspecified atom stereocenters. The van der Waals surface area contributed by atoms with E-state index in [2.05, 4.69) is 10.3 Å². The van der Waals surface area contributed by atoms with E-state index in [4.69, 9.17) is 4.74 Å². The molecule has 0 spiro atoms. The van der Waals surface area contributed by atoms with Gasteiger partial charge in [-0.15, -0.1) is 0 Å². The third kappa shape index (κ3) is 6.01. The van der Waals surface area contributed by atoms with Gasteiger partial charge in [-0.05, 0) is 62.2 Å². The number of nitrogens with zero attached hydrogens (tertiary/aromatic N) is 2. The minimum Gasteiger partial charge on any atom is -0.497 e. The highest BCUT2D eigenvalue weighted by molar-refractivity contribution is 7.99. The first-order valence-electron chi connectivity index (χ1n) is 10.8. The molecule has 0 aliphatic carbocycles. The van der Waals surface area contributed by atoms with Gasteiger partial charge >= 0.3 is 0 Å². The van der Waals surface area contributed by atoms with Crippen molar-refractivity contribution in [3.05, 3.63) is 63.9 Å². The third-order valence-corrected chi connectivity index (χ3v) is 5.87. The third-order valence-electron chi connectivity index (χ3n) is 4.89. The summed E-state index contributed by atoms with van der Waals surface area (Å²) in [4.78, 5) is 43.1. The zero-order valence-electron chi connectivity index (χ0n) is 19.5. The van der Waals surface area contributed by atoms with Crippen molar-refractivity contribution in [2.24, 2.45) is 5.92 Å². The predicted molar refractivity (Wildman–Crippen MR) is 131 cm³/mol. The van der Waals surface area contributed by atoms with Gasteiger partial charge in [0.1, 0.15) is 5.75 Å². The van der Waals surface area contributed by atoms with E-state index in [0.717, 1.165) is 0 Å². The average molecular weight is 468 g/mol. The lowest BCUT2D eigenvalue weighted by atomic mass is 10.1. The summed E-state index contributed by atoms with van der Waals surface area (Å²) in [5.41, 5.74) is 1.27. The Bertz CT molecular complexity index is 1220. The molecule has 3 aromatic rings. The number of ether oxygens (including phenoxy) is 1. The SMILES string of the molecule is COc1ccc(C(=O)CSc2nc3cc(C(=O)NC(C)C)ccc3c(=O)n2CC(C)C)cc1. The summed E-state index contributed by atoms with van der Waals surface area (Å²) in [5, 5.41) is 3.76. The van der Waals surface area contributed by atoms with Gasteiger partial charge in [-0.1, -0.05) is 25.6 Å². The summed E-state index contributed by atoms with van der Waals surface area (Å²) >= 11 is 1.23. The minimum atomic E-state index is -0.219. The number of nitrogens with one attached hydrogen (secondary N) is 1. The average Bonchev–Trinajstić information content (AvgIpc) is 2.78. The maximum atomic E-state index is 13.2. The van der Waals surface area contributed by atoms with Crippen molar-refractivity contribution < 1.29 is 14.3 Å². The van der Waals surface area contributed by atoms with Crippen molar-refractivity contribution in [3.63, 3.8) is 0 Å². The molecule has 7 nitrogen and oxygen atoms in total. The lowest BCUT2D eigenvalue weighted by Gasteiger charge is -2.15. The first-order chi connectivity index (χ1) is 15.7. The van der Waals surface area contributed by atoms with Crippen LogP contribution in [0.4, 0.5) is 0 Å². The summed E-state index contributed by atoms with van der Waals surface area (Å²) < 4.78 is 6.76. The molecule has 1 heterocycles. The molecule has 1 N–H and O–H groups in total. The number of carbonyl (C=O) groups excluding carboxylic acids is 2. The molecule has 0 atom stereocenters. The van der Waals surface area contributed by atoms with E-state index < -0.39 is 0 Å². The van der Waals surface area contributed by atoms with Crippen LogP contribution in [0.1, 0.15) is 48.4 Å². The van der Waals surface area contributed by atoms with Gasteiger partial charge in [-0.2, -0.15) is 0 Å². The molecule has 0 saturated carbocycles. The number of Topliss-reactive ketones (excluding diaryl/α,β-unsaturated/α-hetero) is 1. The molecule has 174 valence electrons. The Hall–Kier alpha value is -3.13. The van der Waals surface area contributed by atoms with Crippen LogP contribution in [-0.4, -0.2) is 40.1 Å². The predicted octanol–water partition coefficient (Wildman–Crippen LogP) is 4.17. The smallest absolute Gasteiger partial charge is 0.262 e. The van der Waals surface area contributed by atoms with E-state index in [0.29, 0.717) is 39.5 Å². The lowest BCUT2D eigenvalue weighted by molar-refractivity contribution is 0.0942. The Labute approximate surface area is 197 Å². The van der Waals surface area contributed by atoms with Crippen LogP contribution in [0.15, 0.2) is 52.4 Å². The molecule has 3 rings (SSSR count). The van der Waals surface area contributed by atoms with Crippen LogP contribution in [0.2, 0.25) is 0 Å². The first kappa shape index (κ1) is 24.5. The molecule has 1 aromatic heterocycles. The summed E-state index contributed by atoms with van der Waals surface area (Å²) in [6, 6.07) is 11.8. The van der Waals surface area contributed by atoms with Crippen LogP contribution in [0, 0.1) is 5.92 Å². The van der Waals surface area contributed by atoms with E-state index in [1.807, 2.05) is 27.7 Å².